The lowest BCUT2D eigenvalue weighted by molar-refractivity contribution is -0.577. The third-order valence-electron chi connectivity index (χ3n) is 3.21. The molecule has 1 aromatic heterocycles. The van der Waals surface area contributed by atoms with Gasteiger partial charge in [0.15, 0.2) is 6.20 Å². The van der Waals surface area contributed by atoms with Crippen LogP contribution in [0.4, 0.5) is 4.79 Å². The van der Waals surface area contributed by atoms with Gasteiger partial charge in [0.1, 0.15) is 0 Å². The van der Waals surface area contributed by atoms with Crippen molar-refractivity contribution in [2.75, 3.05) is 26.3 Å². The van der Waals surface area contributed by atoms with Crippen molar-refractivity contribution < 1.29 is 19.0 Å². The fourth-order valence-corrected chi connectivity index (χ4v) is 2.20. The van der Waals surface area contributed by atoms with Gasteiger partial charge in [-0.25, -0.2) is 4.79 Å². The van der Waals surface area contributed by atoms with Crippen LogP contribution in [0.2, 0.25) is 0 Å². The predicted octanol–water partition coefficient (Wildman–Crippen LogP) is 1.30. The molecule has 1 aromatic carbocycles. The van der Waals surface area contributed by atoms with E-state index in [0.717, 1.165) is 5.39 Å². The quantitative estimate of drug-likeness (QED) is 0.581. The van der Waals surface area contributed by atoms with Crippen molar-refractivity contribution in [3.05, 3.63) is 41.7 Å². The van der Waals surface area contributed by atoms with E-state index in [-0.39, 0.29) is 5.75 Å². The first-order valence-corrected chi connectivity index (χ1v) is 6.41. The number of hydrogen-bond donors (Lipinski definition) is 0. The number of benzene rings is 1. The van der Waals surface area contributed by atoms with Crippen LogP contribution in [0.5, 0.6) is 5.75 Å². The number of pyridine rings is 1. The molecule has 1 aliphatic rings. The zero-order valence-electron chi connectivity index (χ0n) is 10.8. The molecule has 1 aliphatic heterocycles. The maximum absolute atomic E-state index is 12.1. The number of carbonyl (C=O) groups excluding carboxylic acids is 1. The maximum atomic E-state index is 12.1. The number of nitrogens with zero attached hydrogens (tertiary/aromatic N) is 2. The molecule has 2 heterocycles. The average molecular weight is 274 g/mol. The standard InChI is InChI=1S/C14H14N2O4/c17-14(15-7-9-19-10-8-15)20-12-5-1-3-11-4-2-6-16(18)13(11)12/h1-6H,7-10H2. The predicted molar refractivity (Wildman–Crippen MR) is 71.3 cm³/mol. The van der Waals surface area contributed by atoms with Gasteiger partial charge in [0, 0.05) is 19.2 Å². The van der Waals surface area contributed by atoms with Gasteiger partial charge in [-0.05, 0) is 18.2 Å². The summed E-state index contributed by atoms with van der Waals surface area (Å²) in [6.45, 7) is 2.01. The molecule has 0 saturated carbocycles. The third-order valence-corrected chi connectivity index (χ3v) is 3.21. The number of aromatic nitrogens is 1. The Hall–Kier alpha value is -2.34. The zero-order valence-corrected chi connectivity index (χ0v) is 10.8. The molecular weight excluding hydrogens is 260 g/mol. The molecule has 20 heavy (non-hydrogen) atoms. The summed E-state index contributed by atoms with van der Waals surface area (Å²) in [6.07, 6.45) is 0.929. The minimum atomic E-state index is -0.454. The minimum absolute atomic E-state index is 0.273. The molecule has 3 rings (SSSR count). The Kier molecular flexibility index (Phi) is 3.39. The van der Waals surface area contributed by atoms with Crippen LogP contribution in [0.3, 0.4) is 0 Å². The molecule has 0 radical (unpaired) electrons. The van der Waals surface area contributed by atoms with Gasteiger partial charge in [-0.3, -0.25) is 0 Å². The van der Waals surface area contributed by atoms with Gasteiger partial charge < -0.3 is 19.6 Å². The maximum Gasteiger partial charge on any atom is 0.415 e. The van der Waals surface area contributed by atoms with E-state index in [1.807, 2.05) is 0 Å². The SMILES string of the molecule is O=C(Oc1cccc2ccc[n+]([O-])c12)N1CCOCC1. The smallest absolute Gasteiger partial charge is 0.415 e. The topological polar surface area (TPSA) is 65.7 Å². The number of para-hydroxylation sites is 1. The Balaban J connectivity index is 1.89. The van der Waals surface area contributed by atoms with Crippen molar-refractivity contribution in [2.45, 2.75) is 0 Å². The molecule has 0 aliphatic carbocycles. The molecule has 104 valence electrons. The van der Waals surface area contributed by atoms with Crippen LogP contribution in [0.1, 0.15) is 0 Å². The lowest BCUT2D eigenvalue weighted by Crippen LogP contribution is -2.42. The van der Waals surface area contributed by atoms with Crippen LogP contribution in [-0.2, 0) is 4.74 Å². The number of carbonyl (C=O) groups is 1. The van der Waals surface area contributed by atoms with Crippen molar-refractivity contribution in [3.8, 4) is 5.75 Å². The van der Waals surface area contributed by atoms with Gasteiger partial charge in [0.25, 0.3) is 5.52 Å². The largest absolute Gasteiger partial charge is 0.618 e. The van der Waals surface area contributed by atoms with Crippen molar-refractivity contribution in [1.29, 1.82) is 0 Å². The van der Waals surface area contributed by atoms with Gasteiger partial charge in [-0.2, -0.15) is 4.73 Å². The Morgan fingerprint density at radius 1 is 1.25 bits per heavy atom. The molecule has 6 heteroatoms. The number of rotatable bonds is 1. The number of morpholine rings is 1. The molecule has 6 nitrogen and oxygen atoms in total. The first-order chi connectivity index (χ1) is 9.75. The molecule has 0 bridgehead atoms. The summed E-state index contributed by atoms with van der Waals surface area (Å²) < 4.78 is 11.3. The van der Waals surface area contributed by atoms with E-state index in [0.29, 0.717) is 36.6 Å². The summed E-state index contributed by atoms with van der Waals surface area (Å²) in [5, 5.41) is 12.6. The number of ether oxygens (including phenoxy) is 2. The lowest BCUT2D eigenvalue weighted by Gasteiger charge is -2.25. The van der Waals surface area contributed by atoms with Gasteiger partial charge in [-0.1, -0.05) is 6.07 Å². The van der Waals surface area contributed by atoms with Gasteiger partial charge in [-0.15, -0.1) is 0 Å². The second kappa shape index (κ2) is 5.34. The van der Waals surface area contributed by atoms with E-state index in [1.54, 1.807) is 35.2 Å². The van der Waals surface area contributed by atoms with Crippen molar-refractivity contribution >= 4 is 17.0 Å². The third kappa shape index (κ3) is 2.37. The van der Waals surface area contributed by atoms with Gasteiger partial charge >= 0.3 is 6.09 Å². The van der Waals surface area contributed by atoms with Crippen LogP contribution >= 0.6 is 0 Å². The van der Waals surface area contributed by atoms with Crippen molar-refractivity contribution in [3.63, 3.8) is 0 Å². The van der Waals surface area contributed by atoms with E-state index in [9.17, 15) is 10.0 Å². The monoisotopic (exact) mass is 274 g/mol. The van der Waals surface area contributed by atoms with E-state index >= 15 is 0 Å². The van der Waals surface area contributed by atoms with Crippen molar-refractivity contribution in [1.82, 2.24) is 4.90 Å². The number of hydrogen-bond acceptors (Lipinski definition) is 4. The Labute approximate surface area is 115 Å². The van der Waals surface area contributed by atoms with E-state index in [4.69, 9.17) is 9.47 Å². The average Bonchev–Trinajstić information content (AvgIpc) is 2.48. The summed E-state index contributed by atoms with van der Waals surface area (Å²) in [7, 11) is 0. The molecule has 0 atom stereocenters. The highest BCUT2D eigenvalue weighted by Crippen LogP contribution is 2.22. The van der Waals surface area contributed by atoms with Crippen molar-refractivity contribution in [2.24, 2.45) is 0 Å². The fraction of sp³-hybridized carbons (Fsp3) is 0.286. The summed E-state index contributed by atoms with van der Waals surface area (Å²) in [5.74, 6) is 0.273. The molecule has 1 saturated heterocycles. The van der Waals surface area contributed by atoms with Gasteiger partial charge in [0.05, 0.1) is 18.6 Å². The summed E-state index contributed by atoms with van der Waals surface area (Å²) in [5.41, 5.74) is 0.358. The normalized spacial score (nSPS) is 15.3. The van der Waals surface area contributed by atoms with Crippen LogP contribution in [0, 0.1) is 5.21 Å². The molecular formula is C14H14N2O4. The van der Waals surface area contributed by atoms with Crippen LogP contribution < -0.4 is 9.47 Å². The molecule has 0 unspecified atom stereocenters. The van der Waals surface area contributed by atoms with E-state index in [2.05, 4.69) is 0 Å². The Bertz CT molecular complexity index is 633. The minimum Gasteiger partial charge on any atom is -0.618 e. The van der Waals surface area contributed by atoms with Crippen LogP contribution in [0.25, 0.3) is 10.9 Å². The highest BCUT2D eigenvalue weighted by molar-refractivity contribution is 5.84. The first kappa shape index (κ1) is 12.7. The highest BCUT2D eigenvalue weighted by atomic mass is 16.6. The summed E-state index contributed by atoms with van der Waals surface area (Å²) >= 11 is 0. The number of amides is 1. The van der Waals surface area contributed by atoms with Crippen LogP contribution in [0.15, 0.2) is 36.5 Å². The van der Waals surface area contributed by atoms with E-state index in [1.165, 1.54) is 6.20 Å². The second-order valence-electron chi connectivity index (χ2n) is 4.50. The lowest BCUT2D eigenvalue weighted by atomic mass is 10.2. The summed E-state index contributed by atoms with van der Waals surface area (Å²) in [6, 6.07) is 8.63. The molecule has 0 spiro atoms. The second-order valence-corrected chi connectivity index (χ2v) is 4.50. The summed E-state index contributed by atoms with van der Waals surface area (Å²) in [4.78, 5) is 13.6. The molecule has 1 amide bonds. The molecule has 2 aromatic rings. The Morgan fingerprint density at radius 3 is 2.80 bits per heavy atom. The highest BCUT2D eigenvalue weighted by Gasteiger charge is 2.21. The molecule has 0 N–H and O–H groups in total. The van der Waals surface area contributed by atoms with Gasteiger partial charge in [0.2, 0.25) is 5.75 Å². The fourth-order valence-electron chi connectivity index (χ4n) is 2.20. The zero-order chi connectivity index (χ0) is 13.9. The number of fused-ring (bicyclic) bond motifs is 1. The first-order valence-electron chi connectivity index (χ1n) is 6.41. The molecule has 1 fully saturated rings. The van der Waals surface area contributed by atoms with E-state index < -0.39 is 6.09 Å². The Morgan fingerprint density at radius 2 is 2.00 bits per heavy atom. The van der Waals surface area contributed by atoms with Crippen LogP contribution in [-0.4, -0.2) is 37.3 Å².